The SMILES string of the molecule is CC(C)(C)OC(=O)NC1C2C=CC(CC2)C1C(=O)O. The molecule has 1 saturated carbocycles. The monoisotopic (exact) mass is 267 g/mol. The van der Waals surface area contributed by atoms with Crippen LogP contribution >= 0.6 is 0 Å². The molecule has 5 heteroatoms. The molecular weight excluding hydrogens is 246 g/mol. The molecular formula is C14H21NO4. The Hall–Kier alpha value is -1.52. The van der Waals surface area contributed by atoms with Gasteiger partial charge in [-0.25, -0.2) is 4.79 Å². The molecule has 0 heterocycles. The van der Waals surface area contributed by atoms with Gasteiger partial charge >= 0.3 is 12.1 Å². The van der Waals surface area contributed by atoms with E-state index in [9.17, 15) is 14.7 Å². The lowest BCUT2D eigenvalue weighted by molar-refractivity contribution is -0.146. The fourth-order valence-corrected chi connectivity index (χ4v) is 2.97. The number of nitrogens with one attached hydrogen (secondary N) is 1. The second kappa shape index (κ2) is 4.87. The van der Waals surface area contributed by atoms with Gasteiger partial charge in [0.2, 0.25) is 0 Å². The van der Waals surface area contributed by atoms with E-state index in [-0.39, 0.29) is 17.9 Å². The highest BCUT2D eigenvalue weighted by molar-refractivity contribution is 5.75. The molecule has 0 aromatic rings. The molecule has 5 nitrogen and oxygen atoms in total. The number of carbonyl (C=O) groups excluding carboxylic acids is 1. The summed E-state index contributed by atoms with van der Waals surface area (Å²) >= 11 is 0. The molecule has 106 valence electrons. The van der Waals surface area contributed by atoms with Crippen molar-refractivity contribution in [2.45, 2.75) is 45.3 Å². The van der Waals surface area contributed by atoms with Gasteiger partial charge in [0.1, 0.15) is 5.60 Å². The third-order valence-corrected chi connectivity index (χ3v) is 3.72. The number of ether oxygens (including phenoxy) is 1. The van der Waals surface area contributed by atoms with Crippen molar-refractivity contribution in [3.8, 4) is 0 Å². The Balaban J connectivity index is 2.08. The molecule has 3 aliphatic rings. The summed E-state index contributed by atoms with van der Waals surface area (Å²) in [6.07, 6.45) is 5.26. The molecule has 2 bridgehead atoms. The van der Waals surface area contributed by atoms with E-state index in [1.165, 1.54) is 0 Å². The van der Waals surface area contributed by atoms with Crippen molar-refractivity contribution in [3.05, 3.63) is 12.2 Å². The van der Waals surface area contributed by atoms with E-state index in [2.05, 4.69) is 5.32 Å². The minimum absolute atomic E-state index is 0.0161. The van der Waals surface area contributed by atoms with Gasteiger partial charge in [0, 0.05) is 0 Å². The number of carboxylic acids is 1. The summed E-state index contributed by atoms with van der Waals surface area (Å²) in [5, 5.41) is 12.1. The largest absolute Gasteiger partial charge is 0.481 e. The zero-order chi connectivity index (χ0) is 14.2. The second-order valence-electron chi connectivity index (χ2n) is 6.33. The molecule has 3 aliphatic carbocycles. The lowest BCUT2D eigenvalue weighted by Crippen LogP contribution is -2.55. The molecule has 0 saturated heterocycles. The summed E-state index contributed by atoms with van der Waals surface area (Å²) in [4.78, 5) is 23.2. The van der Waals surface area contributed by atoms with Crippen LogP contribution in [-0.4, -0.2) is 28.8 Å². The molecule has 0 aliphatic heterocycles. The summed E-state index contributed by atoms with van der Waals surface area (Å²) < 4.78 is 5.21. The van der Waals surface area contributed by atoms with Crippen LogP contribution in [-0.2, 0) is 9.53 Å². The van der Waals surface area contributed by atoms with Crippen LogP contribution in [0.15, 0.2) is 12.2 Å². The fourth-order valence-electron chi connectivity index (χ4n) is 2.97. The van der Waals surface area contributed by atoms with Gasteiger partial charge in [-0.05, 0) is 45.4 Å². The van der Waals surface area contributed by atoms with Gasteiger partial charge in [-0.1, -0.05) is 12.2 Å². The first-order chi connectivity index (χ1) is 8.78. The van der Waals surface area contributed by atoms with Crippen LogP contribution in [0.25, 0.3) is 0 Å². The molecule has 0 radical (unpaired) electrons. The lowest BCUT2D eigenvalue weighted by Gasteiger charge is -2.43. The summed E-state index contributed by atoms with van der Waals surface area (Å²) in [6, 6.07) is -0.365. The minimum atomic E-state index is -0.847. The second-order valence-corrected chi connectivity index (χ2v) is 6.33. The Bertz CT molecular complexity index is 410. The summed E-state index contributed by atoms with van der Waals surface area (Å²) in [5.41, 5.74) is -0.577. The van der Waals surface area contributed by atoms with E-state index in [1.54, 1.807) is 20.8 Å². The number of hydrogen-bond acceptors (Lipinski definition) is 3. The van der Waals surface area contributed by atoms with E-state index in [0.29, 0.717) is 0 Å². The standard InChI is InChI=1S/C14H21NO4/c1-14(2,3)19-13(18)15-11-9-6-4-8(5-7-9)10(11)12(16)17/h4,6,8-11H,5,7H2,1-3H3,(H,15,18)(H,16,17). The van der Waals surface area contributed by atoms with Crippen LogP contribution in [0, 0.1) is 17.8 Å². The quantitative estimate of drug-likeness (QED) is 0.752. The van der Waals surface area contributed by atoms with Crippen LogP contribution in [0.2, 0.25) is 0 Å². The number of allylic oxidation sites excluding steroid dienone is 1. The Labute approximate surface area is 113 Å². The maximum absolute atomic E-state index is 11.8. The Kier molecular flexibility index (Phi) is 3.56. The van der Waals surface area contributed by atoms with Crippen molar-refractivity contribution in [2.24, 2.45) is 17.8 Å². The molecule has 0 aromatic heterocycles. The molecule has 0 aromatic carbocycles. The predicted octanol–water partition coefficient (Wildman–Crippen LogP) is 2.18. The summed E-state index contributed by atoms with van der Waals surface area (Å²) in [6.45, 7) is 5.36. The van der Waals surface area contributed by atoms with Crippen LogP contribution in [0.3, 0.4) is 0 Å². The topological polar surface area (TPSA) is 75.6 Å². The van der Waals surface area contributed by atoms with Crippen molar-refractivity contribution < 1.29 is 19.4 Å². The van der Waals surface area contributed by atoms with Gasteiger partial charge in [-0.15, -0.1) is 0 Å². The average molecular weight is 267 g/mol. The van der Waals surface area contributed by atoms with Gasteiger partial charge in [-0.2, -0.15) is 0 Å². The van der Waals surface area contributed by atoms with E-state index in [1.807, 2.05) is 12.2 Å². The number of fused-ring (bicyclic) bond motifs is 2. The molecule has 0 spiro atoms. The van der Waals surface area contributed by atoms with Crippen molar-refractivity contribution in [1.82, 2.24) is 5.32 Å². The number of carboxylic acid groups (broad SMARTS) is 1. The zero-order valence-electron chi connectivity index (χ0n) is 11.6. The number of carbonyl (C=O) groups is 2. The highest BCUT2D eigenvalue weighted by atomic mass is 16.6. The van der Waals surface area contributed by atoms with Crippen LogP contribution in [0.5, 0.6) is 0 Å². The molecule has 4 atom stereocenters. The van der Waals surface area contributed by atoms with E-state index in [0.717, 1.165) is 12.8 Å². The number of alkyl carbamates (subject to hydrolysis) is 1. The first-order valence-electron chi connectivity index (χ1n) is 6.68. The third kappa shape index (κ3) is 3.08. The zero-order valence-corrected chi connectivity index (χ0v) is 11.6. The maximum Gasteiger partial charge on any atom is 0.407 e. The Morgan fingerprint density at radius 2 is 1.79 bits per heavy atom. The van der Waals surface area contributed by atoms with Gasteiger partial charge in [0.05, 0.1) is 12.0 Å². The number of amides is 1. The van der Waals surface area contributed by atoms with Gasteiger partial charge in [-0.3, -0.25) is 4.79 Å². The molecule has 2 N–H and O–H groups in total. The highest BCUT2D eigenvalue weighted by Crippen LogP contribution is 2.40. The minimum Gasteiger partial charge on any atom is -0.481 e. The average Bonchev–Trinajstić information content (AvgIpc) is 2.27. The molecule has 1 amide bonds. The normalized spacial score (nSPS) is 33.0. The molecule has 3 rings (SSSR count). The maximum atomic E-state index is 11.8. The number of aliphatic carboxylic acids is 1. The number of rotatable bonds is 2. The lowest BCUT2D eigenvalue weighted by atomic mass is 9.66. The highest BCUT2D eigenvalue weighted by Gasteiger charge is 2.45. The fraction of sp³-hybridized carbons (Fsp3) is 0.714. The van der Waals surface area contributed by atoms with Gasteiger partial charge in [0.25, 0.3) is 0 Å². The van der Waals surface area contributed by atoms with Crippen molar-refractivity contribution >= 4 is 12.1 Å². The predicted molar refractivity (Wildman–Crippen MR) is 69.6 cm³/mol. The van der Waals surface area contributed by atoms with Gasteiger partial charge < -0.3 is 15.2 Å². The van der Waals surface area contributed by atoms with E-state index in [4.69, 9.17) is 4.74 Å². The van der Waals surface area contributed by atoms with E-state index < -0.39 is 23.6 Å². The summed E-state index contributed by atoms with van der Waals surface area (Å²) in [5.74, 6) is -1.28. The first kappa shape index (κ1) is 13.9. The third-order valence-electron chi connectivity index (χ3n) is 3.72. The van der Waals surface area contributed by atoms with Crippen LogP contribution in [0.1, 0.15) is 33.6 Å². The number of hydrogen-bond donors (Lipinski definition) is 2. The molecule has 1 fully saturated rings. The van der Waals surface area contributed by atoms with Crippen LogP contribution in [0.4, 0.5) is 4.79 Å². The van der Waals surface area contributed by atoms with Crippen molar-refractivity contribution in [2.75, 3.05) is 0 Å². The Morgan fingerprint density at radius 3 is 2.26 bits per heavy atom. The van der Waals surface area contributed by atoms with Crippen molar-refractivity contribution in [3.63, 3.8) is 0 Å². The van der Waals surface area contributed by atoms with Crippen LogP contribution < -0.4 is 5.32 Å². The van der Waals surface area contributed by atoms with Gasteiger partial charge in [0.15, 0.2) is 0 Å². The Morgan fingerprint density at radius 1 is 1.21 bits per heavy atom. The first-order valence-corrected chi connectivity index (χ1v) is 6.68. The molecule has 4 unspecified atom stereocenters. The molecule has 19 heavy (non-hydrogen) atoms. The summed E-state index contributed by atoms with van der Waals surface area (Å²) in [7, 11) is 0. The van der Waals surface area contributed by atoms with Crippen molar-refractivity contribution in [1.29, 1.82) is 0 Å². The smallest absolute Gasteiger partial charge is 0.407 e. The van der Waals surface area contributed by atoms with E-state index >= 15 is 0 Å².